The first-order valence-electron chi connectivity index (χ1n) is 7.97. The molecule has 0 saturated heterocycles. The van der Waals surface area contributed by atoms with E-state index in [-0.39, 0.29) is 0 Å². The lowest BCUT2D eigenvalue weighted by molar-refractivity contribution is 0.150. The van der Waals surface area contributed by atoms with Crippen LogP contribution in [0, 0.1) is 0 Å². The maximum Gasteiger partial charge on any atom is 0.497 e. The number of benzene rings is 2. The Hall–Kier alpha value is -1.66. The molecular formula is C18H23NO3Si. The molecule has 0 amide bonds. The van der Waals surface area contributed by atoms with Gasteiger partial charge in [0.15, 0.2) is 0 Å². The van der Waals surface area contributed by atoms with Gasteiger partial charge in [0.1, 0.15) is 0 Å². The third-order valence-electron chi connectivity index (χ3n) is 4.42. The average molecular weight is 329 g/mol. The Morgan fingerprint density at radius 3 is 2.48 bits per heavy atom. The number of hydrogen-bond donors (Lipinski definition) is 2. The number of hydrogen-bond acceptors (Lipinski definition) is 3. The van der Waals surface area contributed by atoms with Gasteiger partial charge in [-0.15, -0.1) is 0 Å². The smallest absolute Gasteiger partial charge is 0.390 e. The summed E-state index contributed by atoms with van der Waals surface area (Å²) in [6.45, 7) is 0. The molecule has 0 aliphatic heterocycles. The Kier molecular flexibility index (Phi) is 4.82. The predicted octanol–water partition coefficient (Wildman–Crippen LogP) is 3.87. The van der Waals surface area contributed by atoms with Gasteiger partial charge in [-0.05, 0) is 43.0 Å². The number of aromatic nitrogens is 1. The van der Waals surface area contributed by atoms with Crippen LogP contribution in [0.3, 0.4) is 0 Å². The van der Waals surface area contributed by atoms with Crippen molar-refractivity contribution < 1.29 is 13.6 Å². The zero-order chi connectivity index (χ0) is 16.3. The number of rotatable bonds is 7. The number of unbranched alkanes of at least 4 members (excludes halogenated alkanes) is 1. The summed E-state index contributed by atoms with van der Waals surface area (Å²) in [7, 11) is 0.119. The molecule has 1 aromatic heterocycles. The molecule has 5 heteroatoms. The van der Waals surface area contributed by atoms with Crippen molar-refractivity contribution in [1.82, 2.24) is 4.98 Å². The van der Waals surface area contributed by atoms with Crippen molar-refractivity contribution in [2.75, 3.05) is 14.2 Å². The van der Waals surface area contributed by atoms with Crippen molar-refractivity contribution in [3.05, 3.63) is 48.0 Å². The highest BCUT2D eigenvalue weighted by molar-refractivity contribution is 6.59. The molecule has 0 aliphatic carbocycles. The fraction of sp³-hybridized carbons (Fsp3) is 0.333. The highest BCUT2D eigenvalue weighted by Crippen LogP contribution is 2.26. The fourth-order valence-corrected chi connectivity index (χ4v) is 4.29. The third-order valence-corrected chi connectivity index (χ3v) is 6.68. The molecule has 23 heavy (non-hydrogen) atoms. The maximum atomic E-state index is 10.0. The van der Waals surface area contributed by atoms with E-state index < -0.39 is 8.80 Å². The van der Waals surface area contributed by atoms with Gasteiger partial charge < -0.3 is 18.6 Å². The van der Waals surface area contributed by atoms with Gasteiger partial charge in [0.2, 0.25) is 0 Å². The summed E-state index contributed by atoms with van der Waals surface area (Å²) in [4.78, 5) is 13.5. The van der Waals surface area contributed by atoms with E-state index in [1.54, 1.807) is 0 Å². The minimum absolute atomic E-state index is 0.606. The Morgan fingerprint density at radius 1 is 0.957 bits per heavy atom. The van der Waals surface area contributed by atoms with Crippen molar-refractivity contribution in [1.29, 1.82) is 0 Å². The number of fused-ring (bicyclic) bond motifs is 3. The van der Waals surface area contributed by atoms with Gasteiger partial charge in [0.25, 0.3) is 0 Å². The highest BCUT2D eigenvalue weighted by atomic mass is 28.4. The van der Waals surface area contributed by atoms with E-state index in [9.17, 15) is 4.80 Å². The molecule has 0 fully saturated rings. The van der Waals surface area contributed by atoms with Crippen LogP contribution < -0.4 is 0 Å². The lowest BCUT2D eigenvalue weighted by atomic mass is 10.0. The van der Waals surface area contributed by atoms with Crippen LogP contribution in [-0.2, 0) is 15.3 Å². The number of aromatic amines is 1. The largest absolute Gasteiger partial charge is 0.497 e. The Morgan fingerprint density at radius 2 is 1.70 bits per heavy atom. The molecule has 0 unspecified atom stereocenters. The Balaban J connectivity index is 1.68. The fourth-order valence-electron chi connectivity index (χ4n) is 3.02. The molecule has 0 bridgehead atoms. The first-order chi connectivity index (χ1) is 11.1. The summed E-state index contributed by atoms with van der Waals surface area (Å²) in [6.07, 6.45) is 2.90. The average Bonchev–Trinajstić information content (AvgIpc) is 2.96. The van der Waals surface area contributed by atoms with E-state index in [0.717, 1.165) is 19.3 Å². The molecule has 3 aromatic rings. The van der Waals surface area contributed by atoms with Crippen molar-refractivity contribution in [3.63, 3.8) is 0 Å². The Labute approximate surface area is 137 Å². The predicted molar refractivity (Wildman–Crippen MR) is 95.5 cm³/mol. The number of aryl methyl sites for hydroxylation is 1. The van der Waals surface area contributed by atoms with E-state index in [1.807, 2.05) is 0 Å². The van der Waals surface area contributed by atoms with Crippen molar-refractivity contribution in [2.24, 2.45) is 0 Å². The summed E-state index contributed by atoms with van der Waals surface area (Å²) in [6, 6.07) is 15.6. The second kappa shape index (κ2) is 6.84. The minimum Gasteiger partial charge on any atom is -0.390 e. The summed E-state index contributed by atoms with van der Waals surface area (Å²) in [5.41, 5.74) is 3.67. The van der Waals surface area contributed by atoms with Gasteiger partial charge in [-0.1, -0.05) is 24.3 Å². The van der Waals surface area contributed by atoms with Gasteiger partial charge in [0.05, 0.1) is 0 Å². The second-order valence-electron chi connectivity index (χ2n) is 5.88. The van der Waals surface area contributed by atoms with Crippen LogP contribution >= 0.6 is 0 Å². The Bertz CT molecular complexity index is 795. The normalized spacial score (nSPS) is 12.3. The van der Waals surface area contributed by atoms with Crippen LogP contribution in [0.5, 0.6) is 0 Å². The van der Waals surface area contributed by atoms with Gasteiger partial charge >= 0.3 is 8.80 Å². The van der Waals surface area contributed by atoms with Gasteiger partial charge in [-0.25, -0.2) is 0 Å². The van der Waals surface area contributed by atoms with Crippen LogP contribution in [0.2, 0.25) is 6.04 Å². The standard InChI is InChI=1S/C18H23NO3Si/c1-21-23(20,22-2)12-6-5-7-14-10-11-18-16(13-14)15-8-3-4-9-17(15)19-18/h3-4,8-11,13,19-20H,5-7,12H2,1-2H3. The van der Waals surface area contributed by atoms with Crippen LogP contribution in [-0.4, -0.2) is 32.8 Å². The van der Waals surface area contributed by atoms with E-state index in [2.05, 4.69) is 47.4 Å². The molecule has 0 aliphatic rings. The number of nitrogens with one attached hydrogen (secondary N) is 1. The van der Waals surface area contributed by atoms with E-state index in [1.165, 1.54) is 41.6 Å². The molecule has 4 nitrogen and oxygen atoms in total. The molecule has 1 heterocycles. The van der Waals surface area contributed by atoms with Crippen LogP contribution in [0.4, 0.5) is 0 Å². The number of H-pyrrole nitrogens is 1. The summed E-state index contributed by atoms with van der Waals surface area (Å²) >= 11 is 0. The van der Waals surface area contributed by atoms with Gasteiger partial charge in [-0.2, -0.15) is 0 Å². The second-order valence-corrected chi connectivity index (χ2v) is 8.62. The zero-order valence-corrected chi connectivity index (χ0v) is 14.6. The van der Waals surface area contributed by atoms with E-state index in [0.29, 0.717) is 6.04 Å². The van der Waals surface area contributed by atoms with E-state index in [4.69, 9.17) is 8.85 Å². The first-order valence-corrected chi connectivity index (χ1v) is 9.94. The zero-order valence-electron chi connectivity index (χ0n) is 13.6. The number of para-hydroxylation sites is 1. The van der Waals surface area contributed by atoms with Crippen LogP contribution in [0.25, 0.3) is 21.8 Å². The lowest BCUT2D eigenvalue weighted by Gasteiger charge is -2.19. The molecule has 2 N–H and O–H groups in total. The molecule has 2 aromatic carbocycles. The SMILES string of the molecule is CO[Si](O)(CCCCc1ccc2[nH]c3ccccc3c2c1)OC. The van der Waals surface area contributed by atoms with Crippen LogP contribution in [0.1, 0.15) is 18.4 Å². The van der Waals surface area contributed by atoms with Crippen molar-refractivity contribution in [3.8, 4) is 0 Å². The lowest BCUT2D eigenvalue weighted by Crippen LogP contribution is -2.39. The van der Waals surface area contributed by atoms with Gasteiger partial charge in [0, 0.05) is 42.1 Å². The topological polar surface area (TPSA) is 54.5 Å². The summed E-state index contributed by atoms with van der Waals surface area (Å²) in [5.74, 6) is 0. The van der Waals surface area contributed by atoms with Gasteiger partial charge in [-0.3, -0.25) is 0 Å². The summed E-state index contributed by atoms with van der Waals surface area (Å²) < 4.78 is 10.2. The third kappa shape index (κ3) is 3.48. The summed E-state index contributed by atoms with van der Waals surface area (Å²) in [5, 5.41) is 2.54. The monoisotopic (exact) mass is 329 g/mol. The van der Waals surface area contributed by atoms with Crippen molar-refractivity contribution >= 4 is 30.6 Å². The molecule has 0 atom stereocenters. The molecular weight excluding hydrogens is 306 g/mol. The highest BCUT2D eigenvalue weighted by Gasteiger charge is 2.33. The minimum atomic E-state index is -2.91. The quantitative estimate of drug-likeness (QED) is 0.511. The van der Waals surface area contributed by atoms with Crippen LogP contribution in [0.15, 0.2) is 42.5 Å². The molecule has 0 radical (unpaired) electrons. The molecule has 0 spiro atoms. The molecule has 3 rings (SSSR count). The molecule has 0 saturated carbocycles. The first kappa shape index (κ1) is 16.2. The maximum absolute atomic E-state index is 10.0. The van der Waals surface area contributed by atoms with E-state index >= 15 is 0 Å². The van der Waals surface area contributed by atoms with Crippen molar-refractivity contribution in [2.45, 2.75) is 25.3 Å². The molecule has 122 valence electrons.